The van der Waals surface area contributed by atoms with Crippen LogP contribution < -0.4 is 0 Å². The van der Waals surface area contributed by atoms with Gasteiger partial charge in [-0.25, -0.2) is 0 Å². The molecule has 2 aromatic rings. The van der Waals surface area contributed by atoms with Crippen molar-refractivity contribution in [2.24, 2.45) is 0 Å². The van der Waals surface area contributed by atoms with Crippen LogP contribution >= 0.6 is 0 Å². The number of nitrogens with zero attached hydrogens (tertiary/aromatic N) is 4. The Hall–Kier alpha value is -1.72. The Morgan fingerprint density at radius 3 is 1.32 bits per heavy atom. The molecule has 0 N–H and O–H groups in total. The third-order valence-electron chi connectivity index (χ3n) is 2.91. The predicted octanol–water partition coefficient (Wildman–Crippen LogP) is 4.63. The van der Waals surface area contributed by atoms with Gasteiger partial charge in [0.1, 0.15) is 0 Å². The fourth-order valence-electron chi connectivity index (χ4n) is 1.43. The molecule has 0 unspecified atom stereocenters. The van der Waals surface area contributed by atoms with Crippen molar-refractivity contribution in [2.75, 3.05) is 0 Å². The minimum absolute atomic E-state index is 0.329. The van der Waals surface area contributed by atoms with Gasteiger partial charge >= 0.3 is 0 Å². The lowest BCUT2D eigenvalue weighted by molar-refractivity contribution is 0.359. The minimum Gasteiger partial charge on any atom is -0.425 e. The summed E-state index contributed by atoms with van der Waals surface area (Å²) < 4.78 is 10.4. The first-order valence-corrected chi connectivity index (χ1v) is 7.89. The normalized spacial score (nSPS) is 11.5. The molecule has 0 aliphatic carbocycles. The van der Waals surface area contributed by atoms with Crippen LogP contribution in [0.5, 0.6) is 0 Å². The van der Waals surface area contributed by atoms with E-state index in [1.165, 1.54) is 0 Å². The number of hydrogen-bond donors (Lipinski definition) is 0. The van der Waals surface area contributed by atoms with Crippen LogP contribution in [0.3, 0.4) is 0 Å². The molecule has 0 amide bonds. The Bertz CT molecular complexity index is 461. The van der Waals surface area contributed by atoms with Crippen LogP contribution in [0.4, 0.5) is 0 Å². The lowest BCUT2D eigenvalue weighted by atomic mass is 10.2. The van der Waals surface area contributed by atoms with Crippen LogP contribution in [0.15, 0.2) is 8.94 Å². The summed E-state index contributed by atoms with van der Waals surface area (Å²) in [6.07, 6.45) is 0. The van der Waals surface area contributed by atoms with Crippen LogP contribution in [0, 0.1) is 0 Å². The largest absolute Gasteiger partial charge is 0.425 e. The monoisotopic (exact) mass is 308 g/mol. The maximum Gasteiger partial charge on any atom is 0.229 e. The van der Waals surface area contributed by atoms with Gasteiger partial charge in [-0.2, -0.15) is 4.98 Å². The van der Waals surface area contributed by atoms with Gasteiger partial charge in [0.2, 0.25) is 17.7 Å². The Kier molecular flexibility index (Phi) is 6.71. The lowest BCUT2D eigenvalue weighted by Gasteiger charge is -1.96. The molecule has 0 atom stereocenters. The molecule has 6 nitrogen and oxygen atoms in total. The molecular formula is C16H28N4O2. The zero-order valence-corrected chi connectivity index (χ0v) is 14.9. The molecule has 22 heavy (non-hydrogen) atoms. The van der Waals surface area contributed by atoms with Gasteiger partial charge in [-0.3, -0.25) is 0 Å². The molecule has 0 aliphatic rings. The zero-order valence-electron chi connectivity index (χ0n) is 14.9. The van der Waals surface area contributed by atoms with Crippen LogP contribution in [0.25, 0.3) is 0 Å². The van der Waals surface area contributed by atoms with Crippen LogP contribution in [-0.2, 0) is 0 Å². The molecule has 0 fully saturated rings. The van der Waals surface area contributed by atoms with Gasteiger partial charge in [0, 0.05) is 23.7 Å². The van der Waals surface area contributed by atoms with E-state index in [2.05, 4.69) is 34.2 Å². The quantitative estimate of drug-likeness (QED) is 0.819. The van der Waals surface area contributed by atoms with Crippen molar-refractivity contribution in [3.05, 3.63) is 23.5 Å². The summed E-state index contributed by atoms with van der Waals surface area (Å²) in [5.41, 5.74) is 0. The highest BCUT2D eigenvalue weighted by Gasteiger charge is 2.12. The first-order chi connectivity index (χ1) is 10.2. The number of aromatic nitrogens is 4. The first kappa shape index (κ1) is 18.3. The van der Waals surface area contributed by atoms with Crippen molar-refractivity contribution in [3.8, 4) is 0 Å². The van der Waals surface area contributed by atoms with E-state index in [1.54, 1.807) is 0 Å². The van der Waals surface area contributed by atoms with E-state index in [0.717, 1.165) is 23.5 Å². The van der Waals surface area contributed by atoms with Gasteiger partial charge in [0.15, 0.2) is 5.82 Å². The van der Waals surface area contributed by atoms with Crippen molar-refractivity contribution in [2.45, 2.75) is 79.1 Å². The molecular weight excluding hydrogens is 280 g/mol. The average Bonchev–Trinajstić information content (AvgIpc) is 3.09. The van der Waals surface area contributed by atoms with Crippen LogP contribution in [0.1, 0.15) is 103 Å². The predicted molar refractivity (Wildman–Crippen MR) is 85.0 cm³/mol. The highest BCUT2D eigenvalue weighted by atomic mass is 16.5. The van der Waals surface area contributed by atoms with Gasteiger partial charge in [-0.15, -0.1) is 10.2 Å². The van der Waals surface area contributed by atoms with E-state index in [1.807, 2.05) is 41.5 Å². The molecule has 2 heterocycles. The summed E-state index contributed by atoms with van der Waals surface area (Å²) in [5, 5.41) is 11.7. The van der Waals surface area contributed by atoms with Gasteiger partial charge in [0.25, 0.3) is 0 Å². The second kappa shape index (κ2) is 8.06. The standard InChI is InChI=1S/2C8H14N2O/c1-5(2)7-9-10-8(11-7)6(3)4;1-5(2)7-9-8(6(3)4)11-10-7/h2*5-6H,1-4H3. The van der Waals surface area contributed by atoms with E-state index in [4.69, 9.17) is 8.94 Å². The third kappa shape index (κ3) is 5.24. The van der Waals surface area contributed by atoms with Gasteiger partial charge in [-0.05, 0) is 0 Å². The fourth-order valence-corrected chi connectivity index (χ4v) is 1.43. The summed E-state index contributed by atoms with van der Waals surface area (Å²) in [6.45, 7) is 16.3. The third-order valence-corrected chi connectivity index (χ3v) is 2.91. The van der Waals surface area contributed by atoms with Gasteiger partial charge in [-0.1, -0.05) is 60.5 Å². The number of rotatable bonds is 4. The molecule has 124 valence electrons. The Morgan fingerprint density at radius 1 is 0.636 bits per heavy atom. The second-order valence-corrected chi connectivity index (χ2v) is 6.59. The van der Waals surface area contributed by atoms with E-state index in [9.17, 15) is 0 Å². The smallest absolute Gasteiger partial charge is 0.229 e. The molecule has 0 radical (unpaired) electrons. The van der Waals surface area contributed by atoms with E-state index >= 15 is 0 Å². The maximum atomic E-state index is 5.38. The Balaban J connectivity index is 0.000000220. The van der Waals surface area contributed by atoms with Crippen molar-refractivity contribution >= 4 is 0 Å². The summed E-state index contributed by atoms with van der Waals surface area (Å²) in [5.74, 6) is 4.33. The molecule has 0 spiro atoms. The van der Waals surface area contributed by atoms with Crippen molar-refractivity contribution in [1.29, 1.82) is 0 Å². The molecule has 6 heteroatoms. The van der Waals surface area contributed by atoms with Crippen LogP contribution in [0.2, 0.25) is 0 Å². The first-order valence-electron chi connectivity index (χ1n) is 7.89. The minimum atomic E-state index is 0.329. The Labute approximate surface area is 132 Å². The highest BCUT2D eigenvalue weighted by molar-refractivity contribution is 4.94. The summed E-state index contributed by atoms with van der Waals surface area (Å²) in [6, 6.07) is 0. The topological polar surface area (TPSA) is 77.8 Å². The molecule has 0 saturated heterocycles. The van der Waals surface area contributed by atoms with Gasteiger partial charge < -0.3 is 8.94 Å². The van der Waals surface area contributed by atoms with Crippen molar-refractivity contribution in [3.63, 3.8) is 0 Å². The number of hydrogen-bond acceptors (Lipinski definition) is 6. The molecule has 0 bridgehead atoms. The van der Waals surface area contributed by atoms with Crippen LogP contribution in [-0.4, -0.2) is 20.3 Å². The highest BCUT2D eigenvalue weighted by Crippen LogP contribution is 2.17. The van der Waals surface area contributed by atoms with E-state index < -0.39 is 0 Å². The van der Waals surface area contributed by atoms with E-state index in [0.29, 0.717) is 23.7 Å². The summed E-state index contributed by atoms with van der Waals surface area (Å²) in [4.78, 5) is 4.23. The molecule has 0 saturated carbocycles. The average molecular weight is 308 g/mol. The lowest BCUT2D eigenvalue weighted by Crippen LogP contribution is -1.91. The maximum absolute atomic E-state index is 5.38. The van der Waals surface area contributed by atoms with Gasteiger partial charge in [0.05, 0.1) is 0 Å². The molecule has 0 aromatic carbocycles. The Morgan fingerprint density at radius 2 is 1.09 bits per heavy atom. The SMILES string of the molecule is CC(C)c1nnc(C(C)C)o1.CC(C)c1noc(C(C)C)n1. The molecule has 0 aliphatic heterocycles. The van der Waals surface area contributed by atoms with Crippen molar-refractivity contribution in [1.82, 2.24) is 20.3 Å². The van der Waals surface area contributed by atoms with E-state index in [-0.39, 0.29) is 0 Å². The molecule has 2 rings (SSSR count). The summed E-state index contributed by atoms with van der Waals surface area (Å²) >= 11 is 0. The summed E-state index contributed by atoms with van der Waals surface area (Å²) in [7, 11) is 0. The molecule has 2 aromatic heterocycles. The zero-order chi connectivity index (χ0) is 16.9. The second-order valence-electron chi connectivity index (χ2n) is 6.59. The van der Waals surface area contributed by atoms with Crippen molar-refractivity contribution < 1.29 is 8.94 Å². The fraction of sp³-hybridized carbons (Fsp3) is 0.750.